The average Bonchev–Trinajstić information content (AvgIpc) is 2.87. The van der Waals surface area contributed by atoms with Crippen molar-refractivity contribution in [3.05, 3.63) is 101 Å². The van der Waals surface area contributed by atoms with Crippen LogP contribution in [0.1, 0.15) is 51.4 Å². The van der Waals surface area contributed by atoms with Crippen LogP contribution in [0.15, 0.2) is 96.1 Å². The van der Waals surface area contributed by atoms with Gasteiger partial charge in [-0.3, -0.25) is 0 Å². The first-order chi connectivity index (χ1) is 15.9. The molecular formula is C28H36N3P. The van der Waals surface area contributed by atoms with E-state index in [0.717, 1.165) is 6.42 Å². The third kappa shape index (κ3) is 6.70. The third-order valence-electron chi connectivity index (χ3n) is 6.42. The molecule has 3 aromatic carbocycles. The van der Waals surface area contributed by atoms with Gasteiger partial charge in [-0.15, -0.1) is 0 Å². The summed E-state index contributed by atoms with van der Waals surface area (Å²) in [7, 11) is -2.06. The SMILES string of the molecule is [N-]=[N+]=NCCCCCCCCCC[PH](c1ccccc1)(c1ccccc1)c1ccccc1. The predicted octanol–water partition coefficient (Wildman–Crippen LogP) is 7.14. The molecule has 4 heteroatoms. The van der Waals surface area contributed by atoms with Crippen molar-refractivity contribution in [3.63, 3.8) is 0 Å². The van der Waals surface area contributed by atoms with Gasteiger partial charge in [0.2, 0.25) is 0 Å². The van der Waals surface area contributed by atoms with E-state index in [2.05, 4.69) is 101 Å². The Kier molecular flexibility index (Phi) is 10.3. The van der Waals surface area contributed by atoms with Crippen LogP contribution in [0, 0.1) is 0 Å². The van der Waals surface area contributed by atoms with E-state index < -0.39 is 7.26 Å². The van der Waals surface area contributed by atoms with Crippen LogP contribution in [0.5, 0.6) is 0 Å². The fourth-order valence-electron chi connectivity index (χ4n) is 4.78. The van der Waals surface area contributed by atoms with Gasteiger partial charge in [0.1, 0.15) is 0 Å². The predicted molar refractivity (Wildman–Crippen MR) is 142 cm³/mol. The monoisotopic (exact) mass is 445 g/mol. The number of nitrogens with zero attached hydrogens (tertiary/aromatic N) is 3. The number of rotatable bonds is 14. The molecule has 3 rings (SSSR count). The Labute approximate surface area is 193 Å². The molecule has 0 bridgehead atoms. The fourth-order valence-corrected chi connectivity index (χ4v) is 9.71. The Balaban J connectivity index is 1.66. The van der Waals surface area contributed by atoms with Gasteiger partial charge in [-0.25, -0.2) is 0 Å². The van der Waals surface area contributed by atoms with E-state index in [9.17, 15) is 0 Å². The molecule has 0 saturated carbocycles. The van der Waals surface area contributed by atoms with Crippen LogP contribution in [-0.4, -0.2) is 12.7 Å². The number of hydrogen-bond donors (Lipinski definition) is 0. The minimum atomic E-state index is -2.06. The molecule has 0 unspecified atom stereocenters. The summed E-state index contributed by atoms with van der Waals surface area (Å²) in [4.78, 5) is 2.82. The number of unbranched alkanes of at least 4 members (excludes halogenated alkanes) is 7. The Morgan fingerprint density at radius 3 is 1.31 bits per heavy atom. The number of hydrogen-bond acceptors (Lipinski definition) is 1. The molecule has 0 atom stereocenters. The molecule has 0 saturated heterocycles. The molecular weight excluding hydrogens is 409 g/mol. The van der Waals surface area contributed by atoms with Gasteiger partial charge in [0, 0.05) is 0 Å². The second kappa shape index (κ2) is 13.7. The van der Waals surface area contributed by atoms with E-state index in [0.29, 0.717) is 6.54 Å². The van der Waals surface area contributed by atoms with Crippen LogP contribution in [0.25, 0.3) is 10.4 Å². The molecule has 0 amide bonds. The Morgan fingerprint density at radius 1 is 0.531 bits per heavy atom. The van der Waals surface area contributed by atoms with E-state index in [1.807, 2.05) is 0 Å². The molecule has 0 aliphatic rings. The minimum absolute atomic E-state index is 0.641. The molecule has 0 fully saturated rings. The van der Waals surface area contributed by atoms with Crippen LogP contribution in [-0.2, 0) is 0 Å². The van der Waals surface area contributed by atoms with Crippen LogP contribution in [0.2, 0.25) is 0 Å². The third-order valence-corrected chi connectivity index (χ3v) is 11.5. The summed E-state index contributed by atoms with van der Waals surface area (Å²) in [6.45, 7) is 0.641. The Bertz CT molecular complexity index is 842. The Hall–Kier alpha value is -2.60. The van der Waals surface area contributed by atoms with Crippen molar-refractivity contribution in [2.75, 3.05) is 12.7 Å². The van der Waals surface area contributed by atoms with Crippen LogP contribution in [0.3, 0.4) is 0 Å². The van der Waals surface area contributed by atoms with Crippen LogP contribution >= 0.6 is 7.26 Å². The van der Waals surface area contributed by atoms with Gasteiger partial charge in [0.05, 0.1) is 0 Å². The summed E-state index contributed by atoms with van der Waals surface area (Å²) in [5, 5.41) is 8.15. The summed E-state index contributed by atoms with van der Waals surface area (Å²) < 4.78 is 0. The molecule has 0 radical (unpaired) electrons. The first kappa shape index (κ1) is 24.1. The number of benzene rings is 3. The molecule has 3 nitrogen and oxygen atoms in total. The van der Waals surface area contributed by atoms with Crippen LogP contribution < -0.4 is 15.9 Å². The molecule has 0 heterocycles. The van der Waals surface area contributed by atoms with Crippen molar-refractivity contribution in [1.82, 2.24) is 0 Å². The summed E-state index contributed by atoms with van der Waals surface area (Å²) in [5.41, 5.74) is 8.33. The molecule has 32 heavy (non-hydrogen) atoms. The quantitative estimate of drug-likeness (QED) is 0.0832. The molecule has 3 aromatic rings. The zero-order valence-electron chi connectivity index (χ0n) is 19.1. The van der Waals surface area contributed by atoms with Gasteiger partial charge in [-0.2, -0.15) is 0 Å². The molecule has 0 N–H and O–H groups in total. The van der Waals surface area contributed by atoms with Gasteiger partial charge in [0.25, 0.3) is 0 Å². The molecule has 168 valence electrons. The standard InChI is InChI=1S/C28H36N3P/c29-31-30-24-16-5-3-1-2-4-6-17-25-32(26-18-10-7-11-19-26,27-20-12-8-13-21-27)28-22-14-9-15-23-28/h7-15,18-23,32H,1-6,16-17,24-25H2. The van der Waals surface area contributed by atoms with E-state index in [1.54, 1.807) is 0 Å². The summed E-state index contributed by atoms with van der Waals surface area (Å²) >= 11 is 0. The van der Waals surface area contributed by atoms with Gasteiger partial charge in [-0.05, 0) is 5.53 Å². The summed E-state index contributed by atoms with van der Waals surface area (Å²) in [6.07, 6.45) is 11.1. The van der Waals surface area contributed by atoms with Crippen molar-refractivity contribution >= 4 is 23.2 Å². The summed E-state index contributed by atoms with van der Waals surface area (Å²) in [5.74, 6) is 0. The van der Waals surface area contributed by atoms with Gasteiger partial charge in [-0.1, -0.05) is 0 Å². The molecule has 0 spiro atoms. The second-order valence-corrected chi connectivity index (χ2v) is 12.6. The van der Waals surface area contributed by atoms with Gasteiger partial charge >= 0.3 is 188 Å². The van der Waals surface area contributed by atoms with Crippen molar-refractivity contribution < 1.29 is 0 Å². The van der Waals surface area contributed by atoms with Crippen molar-refractivity contribution in [2.24, 2.45) is 5.11 Å². The fraction of sp³-hybridized carbons (Fsp3) is 0.357. The topological polar surface area (TPSA) is 48.8 Å². The van der Waals surface area contributed by atoms with Gasteiger partial charge in [0.15, 0.2) is 0 Å². The molecule has 0 aromatic heterocycles. The van der Waals surface area contributed by atoms with Crippen LogP contribution in [0.4, 0.5) is 0 Å². The van der Waals surface area contributed by atoms with Gasteiger partial charge < -0.3 is 0 Å². The molecule has 0 aliphatic heterocycles. The summed E-state index contributed by atoms with van der Waals surface area (Å²) in [6, 6.07) is 33.7. The normalized spacial score (nSPS) is 11.6. The average molecular weight is 446 g/mol. The zero-order valence-corrected chi connectivity index (χ0v) is 20.1. The first-order valence-electron chi connectivity index (χ1n) is 12.1. The Morgan fingerprint density at radius 2 is 0.906 bits per heavy atom. The van der Waals surface area contributed by atoms with Crippen molar-refractivity contribution in [2.45, 2.75) is 51.4 Å². The number of azide groups is 1. The van der Waals surface area contributed by atoms with E-state index in [4.69, 9.17) is 5.53 Å². The van der Waals surface area contributed by atoms with E-state index in [1.165, 1.54) is 67.0 Å². The molecule has 0 aliphatic carbocycles. The maximum atomic E-state index is 8.33. The zero-order chi connectivity index (χ0) is 22.3. The maximum absolute atomic E-state index is 8.33. The van der Waals surface area contributed by atoms with E-state index in [-0.39, 0.29) is 0 Å². The van der Waals surface area contributed by atoms with Crippen molar-refractivity contribution in [3.8, 4) is 0 Å². The second-order valence-electron chi connectivity index (χ2n) is 8.54. The van der Waals surface area contributed by atoms with E-state index >= 15 is 0 Å². The first-order valence-corrected chi connectivity index (χ1v) is 14.3. The van der Waals surface area contributed by atoms with Crippen molar-refractivity contribution in [1.29, 1.82) is 0 Å².